The van der Waals surface area contributed by atoms with E-state index >= 15 is 0 Å². The largest absolute Gasteiger partial charge is 0.465 e. The summed E-state index contributed by atoms with van der Waals surface area (Å²) in [5, 5.41) is 21.4. The van der Waals surface area contributed by atoms with E-state index in [1.54, 1.807) is 20.8 Å². The van der Waals surface area contributed by atoms with Crippen molar-refractivity contribution in [1.29, 1.82) is 0 Å². The monoisotopic (exact) mass is 306 g/mol. The van der Waals surface area contributed by atoms with Crippen molar-refractivity contribution < 1.29 is 19.7 Å². The molecule has 0 saturated heterocycles. The highest BCUT2D eigenvalue weighted by Gasteiger charge is 2.59. The molecule has 0 bridgehead atoms. The number of rotatable bonds is 5. The first-order valence-electron chi connectivity index (χ1n) is 7.95. The second-order valence-corrected chi connectivity index (χ2v) is 6.60. The Hall–Kier alpha value is -1.39. The molecule has 0 aromatic heterocycles. The standard InChI is InChI=1S/C18H26O4/c1-4-22-16(20)17(2)11-10-14(18(17,3)21)12-15(19)13-8-6-5-7-9-13/h5-9,14-15,19,21H,4,10-12H2,1-3H3/t14-,15?,17-,18-/m1/s1. The number of aliphatic hydroxyl groups is 2. The number of esters is 1. The van der Waals surface area contributed by atoms with Gasteiger partial charge in [0.1, 0.15) is 0 Å². The zero-order chi connectivity index (χ0) is 16.4. The first-order chi connectivity index (χ1) is 10.3. The third-order valence-corrected chi connectivity index (χ3v) is 5.32. The predicted molar refractivity (Wildman–Crippen MR) is 84.1 cm³/mol. The highest BCUT2D eigenvalue weighted by molar-refractivity contribution is 5.78. The fourth-order valence-electron chi connectivity index (χ4n) is 3.47. The van der Waals surface area contributed by atoms with Crippen molar-refractivity contribution in [3.8, 4) is 0 Å². The van der Waals surface area contributed by atoms with Crippen LogP contribution in [0.25, 0.3) is 0 Å². The molecule has 2 N–H and O–H groups in total. The van der Waals surface area contributed by atoms with E-state index in [-0.39, 0.29) is 11.9 Å². The van der Waals surface area contributed by atoms with Crippen molar-refractivity contribution in [3.05, 3.63) is 35.9 Å². The number of hydrogen-bond acceptors (Lipinski definition) is 4. The maximum absolute atomic E-state index is 12.2. The van der Waals surface area contributed by atoms with Gasteiger partial charge in [-0.25, -0.2) is 0 Å². The molecule has 1 aliphatic rings. The maximum Gasteiger partial charge on any atom is 0.314 e. The third-order valence-electron chi connectivity index (χ3n) is 5.32. The highest BCUT2D eigenvalue weighted by atomic mass is 16.5. The van der Waals surface area contributed by atoms with Gasteiger partial charge >= 0.3 is 5.97 Å². The number of benzene rings is 1. The van der Waals surface area contributed by atoms with E-state index in [9.17, 15) is 15.0 Å². The molecular formula is C18H26O4. The Balaban J connectivity index is 2.12. The maximum atomic E-state index is 12.2. The lowest BCUT2D eigenvalue weighted by Crippen LogP contribution is -2.49. The fraction of sp³-hybridized carbons (Fsp3) is 0.611. The van der Waals surface area contributed by atoms with Crippen LogP contribution >= 0.6 is 0 Å². The predicted octanol–water partition coefficient (Wildman–Crippen LogP) is 2.84. The number of aliphatic hydroxyl groups excluding tert-OH is 1. The van der Waals surface area contributed by atoms with Crippen molar-refractivity contribution >= 4 is 5.97 Å². The van der Waals surface area contributed by atoms with Gasteiger partial charge in [-0.2, -0.15) is 0 Å². The number of carbonyl (C=O) groups excluding carboxylic acids is 1. The number of ether oxygens (including phenoxy) is 1. The second kappa shape index (κ2) is 6.39. The summed E-state index contributed by atoms with van der Waals surface area (Å²) in [7, 11) is 0. The van der Waals surface area contributed by atoms with Crippen LogP contribution in [0.2, 0.25) is 0 Å². The number of carbonyl (C=O) groups is 1. The topological polar surface area (TPSA) is 66.8 Å². The summed E-state index contributed by atoms with van der Waals surface area (Å²) >= 11 is 0. The zero-order valence-electron chi connectivity index (χ0n) is 13.6. The lowest BCUT2D eigenvalue weighted by atomic mass is 9.72. The second-order valence-electron chi connectivity index (χ2n) is 6.60. The summed E-state index contributed by atoms with van der Waals surface area (Å²) < 4.78 is 5.14. The van der Waals surface area contributed by atoms with Gasteiger partial charge in [0, 0.05) is 0 Å². The fourth-order valence-corrected chi connectivity index (χ4v) is 3.47. The van der Waals surface area contributed by atoms with Crippen LogP contribution in [0.3, 0.4) is 0 Å². The minimum Gasteiger partial charge on any atom is -0.465 e. The summed E-state index contributed by atoms with van der Waals surface area (Å²) in [5.41, 5.74) is -1.26. The van der Waals surface area contributed by atoms with Crippen LogP contribution < -0.4 is 0 Å². The number of hydrogen-bond donors (Lipinski definition) is 2. The molecule has 1 unspecified atom stereocenters. The lowest BCUT2D eigenvalue weighted by Gasteiger charge is -2.38. The van der Waals surface area contributed by atoms with Gasteiger partial charge in [0.25, 0.3) is 0 Å². The van der Waals surface area contributed by atoms with E-state index in [1.165, 1.54) is 0 Å². The molecular weight excluding hydrogens is 280 g/mol. The molecule has 122 valence electrons. The minimum atomic E-state index is -1.19. The molecule has 1 aliphatic carbocycles. The van der Waals surface area contributed by atoms with Gasteiger partial charge < -0.3 is 14.9 Å². The Morgan fingerprint density at radius 1 is 1.36 bits per heavy atom. The summed E-state index contributed by atoms with van der Waals surface area (Å²) in [4.78, 5) is 12.2. The summed E-state index contributed by atoms with van der Waals surface area (Å²) in [5.74, 6) is -0.492. The van der Waals surface area contributed by atoms with E-state index in [1.807, 2.05) is 30.3 Å². The molecule has 0 spiro atoms. The van der Waals surface area contributed by atoms with Crippen LogP contribution in [-0.4, -0.2) is 28.4 Å². The molecule has 1 aromatic rings. The Bertz CT molecular complexity index is 511. The molecule has 1 aromatic carbocycles. The molecule has 2 rings (SSSR count). The van der Waals surface area contributed by atoms with Gasteiger partial charge in [0.05, 0.1) is 23.7 Å². The lowest BCUT2D eigenvalue weighted by molar-refractivity contribution is -0.171. The molecule has 4 heteroatoms. The van der Waals surface area contributed by atoms with Crippen molar-refractivity contribution in [2.45, 2.75) is 51.7 Å². The molecule has 0 heterocycles. The minimum absolute atomic E-state index is 0.142. The van der Waals surface area contributed by atoms with E-state index in [2.05, 4.69) is 0 Å². The third kappa shape index (κ3) is 2.90. The molecule has 22 heavy (non-hydrogen) atoms. The average Bonchev–Trinajstić information content (AvgIpc) is 2.73. The Morgan fingerprint density at radius 3 is 2.59 bits per heavy atom. The van der Waals surface area contributed by atoms with Gasteiger partial charge in [-0.1, -0.05) is 30.3 Å². The van der Waals surface area contributed by atoms with Crippen LogP contribution in [0, 0.1) is 11.3 Å². The Kier molecular flexibility index (Phi) is 4.93. The zero-order valence-corrected chi connectivity index (χ0v) is 13.6. The van der Waals surface area contributed by atoms with E-state index < -0.39 is 17.1 Å². The van der Waals surface area contributed by atoms with Crippen LogP contribution in [0.5, 0.6) is 0 Å². The van der Waals surface area contributed by atoms with Gasteiger partial charge in [0.2, 0.25) is 0 Å². The van der Waals surface area contributed by atoms with Gasteiger partial charge in [0.15, 0.2) is 0 Å². The molecule has 4 nitrogen and oxygen atoms in total. The first-order valence-corrected chi connectivity index (χ1v) is 7.95. The normalized spacial score (nSPS) is 32.7. The van der Waals surface area contributed by atoms with E-state index in [4.69, 9.17) is 4.74 Å². The SMILES string of the molecule is CCOC(=O)[C@@]1(C)CC[C@H](CC(O)c2ccccc2)[C@@]1(C)O. The van der Waals surface area contributed by atoms with Gasteiger partial charge in [-0.05, 0) is 51.5 Å². The van der Waals surface area contributed by atoms with Crippen molar-refractivity contribution in [2.75, 3.05) is 6.61 Å². The molecule has 1 fully saturated rings. The summed E-state index contributed by atoms with van der Waals surface area (Å²) in [6.07, 6.45) is 1.07. The van der Waals surface area contributed by atoms with Gasteiger partial charge in [-0.3, -0.25) is 4.79 Å². The molecule has 0 radical (unpaired) electrons. The van der Waals surface area contributed by atoms with Crippen LogP contribution in [0.1, 0.15) is 51.7 Å². The van der Waals surface area contributed by atoms with Crippen LogP contribution in [0.4, 0.5) is 0 Å². The average molecular weight is 306 g/mol. The molecule has 4 atom stereocenters. The summed E-state index contributed by atoms with van der Waals surface area (Å²) in [6.45, 7) is 5.53. The smallest absolute Gasteiger partial charge is 0.314 e. The van der Waals surface area contributed by atoms with Crippen LogP contribution in [0.15, 0.2) is 30.3 Å². The molecule has 0 aliphatic heterocycles. The van der Waals surface area contributed by atoms with Crippen molar-refractivity contribution in [1.82, 2.24) is 0 Å². The molecule has 0 amide bonds. The first kappa shape index (κ1) is 17.0. The van der Waals surface area contributed by atoms with Gasteiger partial charge in [-0.15, -0.1) is 0 Å². The van der Waals surface area contributed by atoms with Crippen molar-refractivity contribution in [3.63, 3.8) is 0 Å². The van der Waals surface area contributed by atoms with Crippen LogP contribution in [-0.2, 0) is 9.53 Å². The Morgan fingerprint density at radius 2 is 2.00 bits per heavy atom. The highest BCUT2D eigenvalue weighted by Crippen LogP contribution is 2.52. The molecule has 1 saturated carbocycles. The quantitative estimate of drug-likeness (QED) is 0.821. The van der Waals surface area contributed by atoms with E-state index in [0.29, 0.717) is 25.9 Å². The van der Waals surface area contributed by atoms with Crippen molar-refractivity contribution in [2.24, 2.45) is 11.3 Å². The Labute approximate surface area is 132 Å². The summed E-state index contributed by atoms with van der Waals surface area (Å²) in [6, 6.07) is 9.42. The van der Waals surface area contributed by atoms with E-state index in [0.717, 1.165) is 5.56 Å².